The van der Waals surface area contributed by atoms with Crippen molar-refractivity contribution in [3.05, 3.63) is 37.4 Å². The highest BCUT2D eigenvalue weighted by atomic mass is 127. The zero-order valence-corrected chi connectivity index (χ0v) is 13.9. The highest BCUT2D eigenvalue weighted by Gasteiger charge is 2.22. The summed E-state index contributed by atoms with van der Waals surface area (Å²) in [4.78, 5) is 24.4. The Hall–Kier alpha value is -1.22. The van der Waals surface area contributed by atoms with Crippen LogP contribution in [0.15, 0.2) is 18.2 Å². The maximum Gasteiger partial charge on any atom is 0.270 e. The van der Waals surface area contributed by atoms with E-state index in [9.17, 15) is 14.9 Å². The van der Waals surface area contributed by atoms with E-state index in [-0.39, 0.29) is 11.6 Å². The number of non-ortho nitro benzene ring substituents is 1. The molecular weight excluding hydrogens is 387 g/mol. The SMILES string of the molecule is CN(CC1CCCOC1)C(=O)c1cc([N+](=O)[O-])ccc1I. The summed E-state index contributed by atoms with van der Waals surface area (Å²) in [5.74, 6) is 0.151. The third-order valence-corrected chi connectivity index (χ3v) is 4.47. The maximum absolute atomic E-state index is 12.5. The van der Waals surface area contributed by atoms with Gasteiger partial charge in [0, 0.05) is 35.9 Å². The van der Waals surface area contributed by atoms with E-state index < -0.39 is 4.92 Å². The van der Waals surface area contributed by atoms with E-state index in [0.29, 0.717) is 24.6 Å². The fourth-order valence-electron chi connectivity index (χ4n) is 2.42. The molecule has 1 amide bonds. The molecule has 114 valence electrons. The minimum absolute atomic E-state index is 0.0619. The smallest absolute Gasteiger partial charge is 0.270 e. The van der Waals surface area contributed by atoms with Crippen molar-refractivity contribution < 1.29 is 14.5 Å². The van der Waals surface area contributed by atoms with E-state index >= 15 is 0 Å². The van der Waals surface area contributed by atoms with Gasteiger partial charge in [0.1, 0.15) is 0 Å². The van der Waals surface area contributed by atoms with Gasteiger partial charge in [-0.15, -0.1) is 0 Å². The quantitative estimate of drug-likeness (QED) is 0.440. The predicted molar refractivity (Wildman–Crippen MR) is 86.3 cm³/mol. The van der Waals surface area contributed by atoms with Gasteiger partial charge in [0.15, 0.2) is 0 Å². The summed E-state index contributed by atoms with van der Waals surface area (Å²) >= 11 is 2.03. The number of hydrogen-bond donors (Lipinski definition) is 0. The van der Waals surface area contributed by atoms with E-state index in [4.69, 9.17) is 4.74 Å². The predicted octanol–water partition coefficient (Wildman–Crippen LogP) is 2.70. The molecule has 1 atom stereocenters. The molecule has 1 fully saturated rings. The van der Waals surface area contributed by atoms with Gasteiger partial charge in [-0.2, -0.15) is 0 Å². The third-order valence-electron chi connectivity index (χ3n) is 3.52. The molecule has 0 bridgehead atoms. The van der Waals surface area contributed by atoms with E-state index in [2.05, 4.69) is 0 Å². The Morgan fingerprint density at radius 1 is 1.57 bits per heavy atom. The van der Waals surface area contributed by atoms with Crippen LogP contribution in [0, 0.1) is 19.6 Å². The maximum atomic E-state index is 12.5. The van der Waals surface area contributed by atoms with Crippen molar-refractivity contribution >= 4 is 34.2 Å². The molecule has 6 nitrogen and oxygen atoms in total. The number of amides is 1. The number of carbonyl (C=O) groups excluding carboxylic acids is 1. The van der Waals surface area contributed by atoms with Crippen LogP contribution in [0.2, 0.25) is 0 Å². The Balaban J connectivity index is 2.10. The second-order valence-corrected chi connectivity index (χ2v) is 6.35. The molecule has 2 rings (SSSR count). The Labute approximate surface area is 136 Å². The summed E-state index contributed by atoms with van der Waals surface area (Å²) in [6, 6.07) is 4.36. The average molecular weight is 404 g/mol. The van der Waals surface area contributed by atoms with Crippen molar-refractivity contribution in [3.63, 3.8) is 0 Å². The molecule has 1 aromatic carbocycles. The molecule has 1 aromatic rings. The van der Waals surface area contributed by atoms with Crippen molar-refractivity contribution in [1.82, 2.24) is 4.90 Å². The first-order valence-corrected chi connectivity index (χ1v) is 7.84. The Bertz CT molecular complexity index is 544. The fourth-order valence-corrected chi connectivity index (χ4v) is 2.98. The molecule has 1 aliphatic rings. The molecule has 0 saturated carbocycles. The van der Waals surface area contributed by atoms with Crippen molar-refractivity contribution in [3.8, 4) is 0 Å². The normalized spacial score (nSPS) is 18.3. The second-order valence-electron chi connectivity index (χ2n) is 5.19. The summed E-state index contributed by atoms with van der Waals surface area (Å²) in [5.41, 5.74) is 0.317. The van der Waals surface area contributed by atoms with Gasteiger partial charge in [0.2, 0.25) is 0 Å². The van der Waals surface area contributed by atoms with Crippen molar-refractivity contribution in [2.24, 2.45) is 5.92 Å². The monoisotopic (exact) mass is 404 g/mol. The van der Waals surface area contributed by atoms with Gasteiger partial charge < -0.3 is 9.64 Å². The van der Waals surface area contributed by atoms with Gasteiger partial charge in [-0.3, -0.25) is 14.9 Å². The van der Waals surface area contributed by atoms with Gasteiger partial charge in [-0.05, 0) is 47.4 Å². The standard InChI is InChI=1S/C14H17IN2O4/c1-16(8-10-3-2-6-21-9-10)14(18)12-7-11(17(19)20)4-5-13(12)15/h4-5,7,10H,2-3,6,8-9H2,1H3. The number of nitro groups is 1. The van der Waals surface area contributed by atoms with E-state index in [0.717, 1.165) is 23.0 Å². The fraction of sp³-hybridized carbons (Fsp3) is 0.500. The Kier molecular flexibility index (Phi) is 5.51. The zero-order chi connectivity index (χ0) is 15.4. The van der Waals surface area contributed by atoms with Crippen molar-refractivity contribution in [1.29, 1.82) is 0 Å². The first kappa shape index (κ1) is 16.2. The summed E-state index contributed by atoms with van der Waals surface area (Å²) in [6.07, 6.45) is 2.06. The summed E-state index contributed by atoms with van der Waals surface area (Å²) in [5, 5.41) is 10.8. The molecule has 21 heavy (non-hydrogen) atoms. The van der Waals surface area contributed by atoms with Crippen LogP contribution in [0.4, 0.5) is 5.69 Å². The van der Waals surface area contributed by atoms with E-state index in [1.807, 2.05) is 22.6 Å². The topological polar surface area (TPSA) is 72.7 Å². The largest absolute Gasteiger partial charge is 0.381 e. The third kappa shape index (κ3) is 4.13. The highest BCUT2D eigenvalue weighted by Crippen LogP contribution is 2.22. The summed E-state index contributed by atoms with van der Waals surface area (Å²) < 4.78 is 6.13. The van der Waals surface area contributed by atoms with Gasteiger partial charge >= 0.3 is 0 Å². The number of benzene rings is 1. The molecule has 0 spiro atoms. The Morgan fingerprint density at radius 2 is 2.33 bits per heavy atom. The minimum atomic E-state index is -0.484. The van der Waals surface area contributed by atoms with E-state index in [1.165, 1.54) is 12.1 Å². The number of halogens is 1. The van der Waals surface area contributed by atoms with Crippen molar-refractivity contribution in [2.45, 2.75) is 12.8 Å². The average Bonchev–Trinajstić information content (AvgIpc) is 2.47. The number of carbonyl (C=O) groups is 1. The lowest BCUT2D eigenvalue weighted by Crippen LogP contribution is -2.35. The highest BCUT2D eigenvalue weighted by molar-refractivity contribution is 14.1. The molecule has 1 saturated heterocycles. The lowest BCUT2D eigenvalue weighted by Gasteiger charge is -2.27. The van der Waals surface area contributed by atoms with Crippen LogP contribution in [0.3, 0.4) is 0 Å². The van der Waals surface area contributed by atoms with Crippen LogP contribution >= 0.6 is 22.6 Å². The molecule has 1 unspecified atom stereocenters. The van der Waals surface area contributed by atoms with Crippen LogP contribution < -0.4 is 0 Å². The molecule has 1 aliphatic heterocycles. The molecule has 0 N–H and O–H groups in total. The number of rotatable bonds is 4. The van der Waals surface area contributed by atoms with Crippen LogP contribution in [-0.4, -0.2) is 42.5 Å². The molecule has 0 radical (unpaired) electrons. The number of ether oxygens (including phenoxy) is 1. The van der Waals surface area contributed by atoms with Gasteiger partial charge in [-0.1, -0.05) is 0 Å². The molecule has 1 heterocycles. The van der Waals surface area contributed by atoms with Gasteiger partial charge in [0.25, 0.3) is 11.6 Å². The van der Waals surface area contributed by atoms with Gasteiger partial charge in [0.05, 0.1) is 17.1 Å². The molecular formula is C14H17IN2O4. The van der Waals surface area contributed by atoms with Crippen molar-refractivity contribution in [2.75, 3.05) is 26.8 Å². The first-order valence-electron chi connectivity index (χ1n) is 6.76. The van der Waals surface area contributed by atoms with Crippen LogP contribution in [0.5, 0.6) is 0 Å². The Morgan fingerprint density at radius 3 is 2.95 bits per heavy atom. The molecule has 0 aromatic heterocycles. The van der Waals surface area contributed by atoms with E-state index in [1.54, 1.807) is 18.0 Å². The minimum Gasteiger partial charge on any atom is -0.381 e. The summed E-state index contributed by atoms with van der Waals surface area (Å²) in [6.45, 7) is 2.07. The number of hydrogen-bond acceptors (Lipinski definition) is 4. The second kappa shape index (κ2) is 7.17. The van der Waals surface area contributed by atoms with Crippen LogP contribution in [0.1, 0.15) is 23.2 Å². The van der Waals surface area contributed by atoms with Crippen LogP contribution in [0.25, 0.3) is 0 Å². The van der Waals surface area contributed by atoms with Gasteiger partial charge in [-0.25, -0.2) is 0 Å². The summed E-state index contributed by atoms with van der Waals surface area (Å²) in [7, 11) is 1.73. The lowest BCUT2D eigenvalue weighted by atomic mass is 10.0. The first-order chi connectivity index (χ1) is 9.99. The number of nitrogens with zero attached hydrogens (tertiary/aromatic N) is 2. The lowest BCUT2D eigenvalue weighted by molar-refractivity contribution is -0.384. The molecule has 0 aliphatic carbocycles. The zero-order valence-electron chi connectivity index (χ0n) is 11.8. The number of nitro benzene ring substituents is 1. The molecule has 7 heteroatoms. The van der Waals surface area contributed by atoms with Crippen LogP contribution in [-0.2, 0) is 4.74 Å².